The van der Waals surface area contributed by atoms with E-state index in [1.165, 1.54) is 0 Å². The maximum atomic E-state index is 8.97. The lowest BCUT2D eigenvalue weighted by Gasteiger charge is -2.18. The Balaban J connectivity index is 1.85. The molecule has 1 N–H and O–H groups in total. The summed E-state index contributed by atoms with van der Waals surface area (Å²) in [5.41, 5.74) is 0. The molecule has 1 aromatic rings. The smallest absolute Gasteiger partial charge is 0.230 e. The van der Waals surface area contributed by atoms with Crippen LogP contribution in [0.15, 0.2) is 4.42 Å². The molecule has 0 aliphatic heterocycles. The SMILES string of the molecule is COCCN(CCO)Cc1nnc(C2CC2)o1. The van der Waals surface area contributed by atoms with E-state index >= 15 is 0 Å². The minimum atomic E-state index is 0.118. The molecule has 0 spiro atoms. The van der Waals surface area contributed by atoms with Gasteiger partial charge in [-0.05, 0) is 12.8 Å². The molecule has 0 amide bonds. The minimum Gasteiger partial charge on any atom is -0.424 e. The van der Waals surface area contributed by atoms with Gasteiger partial charge in [-0.15, -0.1) is 10.2 Å². The summed E-state index contributed by atoms with van der Waals surface area (Å²) < 4.78 is 10.6. The van der Waals surface area contributed by atoms with Crippen LogP contribution in [0.3, 0.4) is 0 Å². The molecule has 0 unspecified atom stereocenters. The highest BCUT2D eigenvalue weighted by atomic mass is 16.5. The highest BCUT2D eigenvalue weighted by Crippen LogP contribution is 2.39. The molecule has 0 bridgehead atoms. The van der Waals surface area contributed by atoms with Gasteiger partial charge >= 0.3 is 0 Å². The third kappa shape index (κ3) is 3.76. The molecule has 1 aromatic heterocycles. The van der Waals surface area contributed by atoms with Crippen molar-refractivity contribution in [2.75, 3.05) is 33.4 Å². The van der Waals surface area contributed by atoms with Gasteiger partial charge < -0.3 is 14.3 Å². The highest BCUT2D eigenvalue weighted by Gasteiger charge is 2.29. The number of hydrogen-bond acceptors (Lipinski definition) is 6. The summed E-state index contributed by atoms with van der Waals surface area (Å²) in [6.07, 6.45) is 2.32. The highest BCUT2D eigenvalue weighted by molar-refractivity contribution is 5.00. The van der Waals surface area contributed by atoms with Gasteiger partial charge in [-0.2, -0.15) is 0 Å². The van der Waals surface area contributed by atoms with Crippen molar-refractivity contribution >= 4 is 0 Å². The molecule has 0 radical (unpaired) electrons. The third-order valence-electron chi connectivity index (χ3n) is 2.80. The van der Waals surface area contributed by atoms with Gasteiger partial charge in [-0.3, -0.25) is 4.90 Å². The molecule has 6 heteroatoms. The number of rotatable bonds is 8. The predicted molar refractivity (Wildman–Crippen MR) is 60.5 cm³/mol. The lowest BCUT2D eigenvalue weighted by atomic mass is 10.4. The second-order valence-corrected chi connectivity index (χ2v) is 4.30. The van der Waals surface area contributed by atoms with E-state index in [0.29, 0.717) is 31.5 Å². The monoisotopic (exact) mass is 241 g/mol. The average molecular weight is 241 g/mol. The second-order valence-electron chi connectivity index (χ2n) is 4.30. The van der Waals surface area contributed by atoms with E-state index in [2.05, 4.69) is 10.2 Å². The topological polar surface area (TPSA) is 71.6 Å². The van der Waals surface area contributed by atoms with Crippen molar-refractivity contribution in [2.45, 2.75) is 25.3 Å². The first kappa shape index (κ1) is 12.5. The zero-order valence-electron chi connectivity index (χ0n) is 10.1. The summed E-state index contributed by atoms with van der Waals surface area (Å²) >= 11 is 0. The molecule has 1 fully saturated rings. The summed E-state index contributed by atoms with van der Waals surface area (Å²) in [6, 6.07) is 0. The van der Waals surface area contributed by atoms with Crippen LogP contribution in [0.25, 0.3) is 0 Å². The van der Waals surface area contributed by atoms with Crippen LogP contribution in [-0.4, -0.2) is 53.6 Å². The van der Waals surface area contributed by atoms with Crippen molar-refractivity contribution in [1.82, 2.24) is 15.1 Å². The quantitative estimate of drug-likeness (QED) is 0.709. The van der Waals surface area contributed by atoms with Crippen molar-refractivity contribution in [3.05, 3.63) is 11.8 Å². The second kappa shape index (κ2) is 6.09. The molecule has 6 nitrogen and oxygen atoms in total. The number of nitrogens with zero attached hydrogens (tertiary/aromatic N) is 3. The summed E-state index contributed by atoms with van der Waals surface area (Å²) in [7, 11) is 1.66. The normalized spacial score (nSPS) is 15.7. The van der Waals surface area contributed by atoms with E-state index in [1.54, 1.807) is 7.11 Å². The van der Waals surface area contributed by atoms with Gasteiger partial charge in [0.1, 0.15) is 0 Å². The van der Waals surface area contributed by atoms with Gasteiger partial charge in [-0.1, -0.05) is 0 Å². The molecule has 96 valence electrons. The summed E-state index contributed by atoms with van der Waals surface area (Å²) in [5.74, 6) is 1.87. The standard InChI is InChI=1S/C11H19N3O3/c1-16-7-5-14(4-6-15)8-10-12-13-11(17-10)9-2-3-9/h9,15H,2-8H2,1H3. The molecule has 0 aromatic carbocycles. The fraction of sp³-hybridized carbons (Fsp3) is 0.818. The van der Waals surface area contributed by atoms with Gasteiger partial charge in [-0.25, -0.2) is 0 Å². The Morgan fingerprint density at radius 3 is 2.88 bits per heavy atom. The Morgan fingerprint density at radius 2 is 2.24 bits per heavy atom. The van der Waals surface area contributed by atoms with Crippen molar-refractivity contribution in [2.24, 2.45) is 0 Å². The third-order valence-corrected chi connectivity index (χ3v) is 2.80. The summed E-state index contributed by atoms with van der Waals surface area (Å²) in [6.45, 7) is 2.66. The van der Waals surface area contributed by atoms with Crippen molar-refractivity contribution in [1.29, 1.82) is 0 Å². The molecule has 2 rings (SSSR count). The number of aliphatic hydroxyl groups is 1. The molecule has 0 saturated heterocycles. The van der Waals surface area contributed by atoms with Crippen LogP contribution < -0.4 is 0 Å². The number of ether oxygens (including phenoxy) is 1. The van der Waals surface area contributed by atoms with Crippen molar-refractivity contribution in [3.8, 4) is 0 Å². The van der Waals surface area contributed by atoms with Gasteiger partial charge in [0, 0.05) is 26.1 Å². The Bertz CT molecular complexity index is 338. The van der Waals surface area contributed by atoms with Gasteiger partial charge in [0.2, 0.25) is 11.8 Å². The van der Waals surface area contributed by atoms with Gasteiger partial charge in [0.05, 0.1) is 19.8 Å². The van der Waals surface area contributed by atoms with Crippen molar-refractivity contribution < 1.29 is 14.3 Å². The van der Waals surface area contributed by atoms with Gasteiger partial charge in [0.15, 0.2) is 0 Å². The Hall–Kier alpha value is -0.980. The van der Waals surface area contributed by atoms with Crippen molar-refractivity contribution in [3.63, 3.8) is 0 Å². The van der Waals surface area contributed by atoms with Crippen LogP contribution >= 0.6 is 0 Å². The number of aromatic nitrogens is 2. The molecule has 1 aliphatic carbocycles. The molecule has 17 heavy (non-hydrogen) atoms. The van der Waals surface area contributed by atoms with E-state index in [-0.39, 0.29) is 6.61 Å². The van der Waals surface area contributed by atoms with Crippen LogP contribution in [-0.2, 0) is 11.3 Å². The maximum absolute atomic E-state index is 8.97. The molecular formula is C11H19N3O3. The van der Waals surface area contributed by atoms with E-state index in [1.807, 2.05) is 4.90 Å². The van der Waals surface area contributed by atoms with E-state index in [0.717, 1.165) is 25.3 Å². The van der Waals surface area contributed by atoms with Crippen LogP contribution in [0.2, 0.25) is 0 Å². The summed E-state index contributed by atoms with van der Waals surface area (Å²) in [5, 5.41) is 17.0. The van der Waals surface area contributed by atoms with E-state index < -0.39 is 0 Å². The van der Waals surface area contributed by atoms with Gasteiger partial charge in [0.25, 0.3) is 0 Å². The Morgan fingerprint density at radius 1 is 1.41 bits per heavy atom. The maximum Gasteiger partial charge on any atom is 0.230 e. The Kier molecular flexibility index (Phi) is 4.47. The van der Waals surface area contributed by atoms with Crippen LogP contribution in [0.1, 0.15) is 30.5 Å². The van der Waals surface area contributed by atoms with Crippen LogP contribution in [0.5, 0.6) is 0 Å². The Labute approximate surface area is 101 Å². The molecule has 0 atom stereocenters. The zero-order chi connectivity index (χ0) is 12.1. The average Bonchev–Trinajstić information content (AvgIpc) is 3.08. The fourth-order valence-electron chi connectivity index (χ4n) is 1.65. The number of aliphatic hydroxyl groups excluding tert-OH is 1. The first-order chi connectivity index (χ1) is 8.33. The molecular weight excluding hydrogens is 222 g/mol. The van der Waals surface area contributed by atoms with E-state index in [4.69, 9.17) is 14.3 Å². The minimum absolute atomic E-state index is 0.118. The molecule has 1 heterocycles. The fourth-order valence-corrected chi connectivity index (χ4v) is 1.65. The molecule has 1 saturated carbocycles. The van der Waals surface area contributed by atoms with Crippen LogP contribution in [0.4, 0.5) is 0 Å². The largest absolute Gasteiger partial charge is 0.424 e. The summed E-state index contributed by atoms with van der Waals surface area (Å²) in [4.78, 5) is 2.04. The predicted octanol–water partition coefficient (Wildman–Crippen LogP) is 0.388. The number of methoxy groups -OCH3 is 1. The van der Waals surface area contributed by atoms with Crippen LogP contribution in [0, 0.1) is 0 Å². The molecule has 1 aliphatic rings. The zero-order valence-corrected chi connectivity index (χ0v) is 10.1. The lowest BCUT2D eigenvalue weighted by Crippen LogP contribution is -2.30. The number of hydrogen-bond donors (Lipinski definition) is 1. The van der Waals surface area contributed by atoms with E-state index in [9.17, 15) is 0 Å². The first-order valence-corrected chi connectivity index (χ1v) is 5.98. The lowest BCUT2D eigenvalue weighted by molar-refractivity contribution is 0.120. The first-order valence-electron chi connectivity index (χ1n) is 5.98.